The maximum atomic E-state index is 13.0. The molecule has 1 atom stereocenters. The van der Waals surface area contributed by atoms with Crippen molar-refractivity contribution in [3.63, 3.8) is 0 Å². The second kappa shape index (κ2) is 8.18. The first-order valence-electron chi connectivity index (χ1n) is 10.4. The molecule has 0 bridgehead atoms. The number of halogens is 2. The highest BCUT2D eigenvalue weighted by Crippen LogP contribution is 2.24. The van der Waals surface area contributed by atoms with Crippen molar-refractivity contribution in [3.8, 4) is 11.5 Å². The topological polar surface area (TPSA) is 87.2 Å². The van der Waals surface area contributed by atoms with Crippen molar-refractivity contribution in [1.29, 1.82) is 0 Å². The Kier molecular flexibility index (Phi) is 5.23. The highest BCUT2D eigenvalue weighted by Gasteiger charge is 2.32. The number of rotatable bonds is 4. The van der Waals surface area contributed by atoms with Gasteiger partial charge in [0.1, 0.15) is 17.2 Å². The fourth-order valence-electron chi connectivity index (χ4n) is 4.03. The Morgan fingerprint density at radius 1 is 1.10 bits per heavy atom. The van der Waals surface area contributed by atoms with Gasteiger partial charge in [-0.3, -0.25) is 4.79 Å². The average Bonchev–Trinajstić information content (AvgIpc) is 3.48. The van der Waals surface area contributed by atoms with E-state index in [0.717, 1.165) is 25.9 Å². The number of morpholine rings is 1. The predicted molar refractivity (Wildman–Crippen MR) is 110 cm³/mol. The lowest BCUT2D eigenvalue weighted by Crippen LogP contribution is -2.50. The van der Waals surface area contributed by atoms with Crippen LogP contribution in [0.25, 0.3) is 22.7 Å². The quantitative estimate of drug-likeness (QED) is 0.688. The van der Waals surface area contributed by atoms with Crippen LogP contribution in [-0.4, -0.2) is 69.6 Å². The Morgan fingerprint density at radius 2 is 1.94 bits per heavy atom. The molecule has 3 aromatic rings. The molecular weight excluding hydrogens is 406 g/mol. The summed E-state index contributed by atoms with van der Waals surface area (Å²) >= 11 is 0. The molecule has 31 heavy (non-hydrogen) atoms. The van der Waals surface area contributed by atoms with Crippen LogP contribution in [0.1, 0.15) is 25.0 Å². The monoisotopic (exact) mass is 428 g/mol. The Balaban J connectivity index is 1.37. The molecular formula is C21H22F2N6O2. The van der Waals surface area contributed by atoms with Gasteiger partial charge in [0.25, 0.3) is 12.3 Å². The number of aromatic nitrogens is 4. The maximum absolute atomic E-state index is 13.0. The van der Waals surface area contributed by atoms with Gasteiger partial charge < -0.3 is 19.5 Å². The smallest absolute Gasteiger partial charge is 0.280 e. The van der Waals surface area contributed by atoms with Crippen LogP contribution in [-0.2, 0) is 9.53 Å². The molecule has 2 aliphatic rings. The van der Waals surface area contributed by atoms with E-state index in [0.29, 0.717) is 48.2 Å². The molecule has 1 unspecified atom stereocenters. The van der Waals surface area contributed by atoms with Crippen LogP contribution < -0.4 is 4.90 Å². The molecule has 2 aliphatic heterocycles. The average molecular weight is 428 g/mol. The minimum Gasteiger partial charge on any atom is -0.365 e. The van der Waals surface area contributed by atoms with Gasteiger partial charge in [0.15, 0.2) is 17.6 Å². The number of likely N-dealkylation sites (tertiary alicyclic amines) is 1. The van der Waals surface area contributed by atoms with Crippen molar-refractivity contribution in [1.82, 2.24) is 24.8 Å². The lowest BCUT2D eigenvalue weighted by atomic mass is 10.2. The molecule has 2 saturated heterocycles. The van der Waals surface area contributed by atoms with E-state index < -0.39 is 12.5 Å². The number of nitrogens with zero attached hydrogens (tertiary/aromatic N) is 5. The van der Waals surface area contributed by atoms with Crippen LogP contribution >= 0.6 is 0 Å². The number of aromatic amines is 1. The minimum atomic E-state index is -2.65. The molecule has 0 radical (unpaired) electrons. The first-order chi connectivity index (χ1) is 15.1. The van der Waals surface area contributed by atoms with Crippen molar-refractivity contribution in [2.75, 3.05) is 37.7 Å². The molecule has 0 saturated carbocycles. The summed E-state index contributed by atoms with van der Waals surface area (Å²) in [6, 6.07) is 8.14. The van der Waals surface area contributed by atoms with Gasteiger partial charge in [-0.1, -0.05) is 6.07 Å². The van der Waals surface area contributed by atoms with E-state index in [1.807, 2.05) is 21.9 Å². The van der Waals surface area contributed by atoms with Gasteiger partial charge in [-0.2, -0.15) is 0 Å². The number of alkyl halides is 2. The molecule has 8 nitrogen and oxygen atoms in total. The second-order valence-corrected chi connectivity index (χ2v) is 7.71. The summed E-state index contributed by atoms with van der Waals surface area (Å²) in [6.45, 7) is 3.08. The number of amides is 1. The van der Waals surface area contributed by atoms with E-state index in [4.69, 9.17) is 4.74 Å². The molecule has 0 aliphatic carbocycles. The normalized spacial score (nSPS) is 19.5. The van der Waals surface area contributed by atoms with Crippen LogP contribution in [0.5, 0.6) is 0 Å². The van der Waals surface area contributed by atoms with E-state index >= 15 is 0 Å². The fraction of sp³-hybridized carbons (Fsp3) is 0.429. The zero-order valence-electron chi connectivity index (χ0n) is 16.8. The van der Waals surface area contributed by atoms with Crippen molar-refractivity contribution >= 4 is 22.9 Å². The van der Waals surface area contributed by atoms with Gasteiger partial charge in [0.2, 0.25) is 0 Å². The van der Waals surface area contributed by atoms with Crippen molar-refractivity contribution in [3.05, 3.63) is 36.0 Å². The molecule has 1 amide bonds. The third kappa shape index (κ3) is 3.95. The summed E-state index contributed by atoms with van der Waals surface area (Å²) in [5.74, 6) is 1.11. The number of hydrogen-bond acceptors (Lipinski definition) is 6. The van der Waals surface area contributed by atoms with E-state index in [1.165, 1.54) is 12.1 Å². The van der Waals surface area contributed by atoms with E-state index in [1.54, 1.807) is 6.07 Å². The zero-order chi connectivity index (χ0) is 21.4. The van der Waals surface area contributed by atoms with Gasteiger partial charge in [-0.25, -0.2) is 23.7 Å². The summed E-state index contributed by atoms with van der Waals surface area (Å²) in [4.78, 5) is 32.7. The maximum Gasteiger partial charge on any atom is 0.280 e. The molecule has 162 valence electrons. The number of ether oxygens (including phenoxy) is 1. The molecule has 2 fully saturated rings. The summed E-state index contributed by atoms with van der Waals surface area (Å²) in [5, 5.41) is 0. The minimum absolute atomic E-state index is 0.0373. The zero-order valence-corrected chi connectivity index (χ0v) is 16.8. The molecule has 1 N–H and O–H groups in total. The number of carbonyl (C=O) groups excluding carboxylic acids is 1. The fourth-order valence-corrected chi connectivity index (χ4v) is 4.03. The first kappa shape index (κ1) is 19.8. The summed E-state index contributed by atoms with van der Waals surface area (Å²) in [7, 11) is 0. The third-order valence-corrected chi connectivity index (χ3v) is 5.65. The first-order valence-corrected chi connectivity index (χ1v) is 10.4. The number of anilines is 1. The molecule has 10 heteroatoms. The largest absolute Gasteiger partial charge is 0.365 e. The van der Waals surface area contributed by atoms with E-state index in [-0.39, 0.29) is 11.6 Å². The Morgan fingerprint density at radius 3 is 2.74 bits per heavy atom. The van der Waals surface area contributed by atoms with Crippen LogP contribution in [0, 0.1) is 0 Å². The second-order valence-electron chi connectivity index (χ2n) is 7.71. The molecule has 0 spiro atoms. The highest BCUT2D eigenvalue weighted by atomic mass is 19.3. The number of carbonyl (C=O) groups is 1. The number of H-pyrrole nitrogens is 1. The number of pyridine rings is 2. The lowest BCUT2D eigenvalue weighted by molar-refractivity contribution is -0.143. The number of nitrogens with one attached hydrogen (secondary N) is 1. The van der Waals surface area contributed by atoms with Crippen molar-refractivity contribution < 1.29 is 18.3 Å². The van der Waals surface area contributed by atoms with E-state index in [9.17, 15) is 13.6 Å². The van der Waals surface area contributed by atoms with Crippen LogP contribution in [0.3, 0.4) is 0 Å². The SMILES string of the molecule is O=C(C1CN(c2ccc3[nH]c(-c4cccc(C(F)F)n4)nc3n2)CCO1)N1CCCC1. The van der Waals surface area contributed by atoms with Gasteiger partial charge in [0, 0.05) is 19.6 Å². The summed E-state index contributed by atoms with van der Waals surface area (Å²) in [6.07, 6.45) is -1.07. The van der Waals surface area contributed by atoms with Gasteiger partial charge in [-0.15, -0.1) is 0 Å². The van der Waals surface area contributed by atoms with Crippen LogP contribution in [0.4, 0.5) is 14.6 Å². The van der Waals surface area contributed by atoms with Gasteiger partial charge in [0.05, 0.1) is 18.7 Å². The third-order valence-electron chi connectivity index (χ3n) is 5.65. The number of imidazole rings is 1. The van der Waals surface area contributed by atoms with Crippen molar-refractivity contribution in [2.45, 2.75) is 25.4 Å². The van der Waals surface area contributed by atoms with Crippen molar-refractivity contribution in [2.24, 2.45) is 0 Å². The highest BCUT2D eigenvalue weighted by molar-refractivity contribution is 5.82. The molecule has 5 rings (SSSR count). The standard InChI is InChI=1S/C21H22F2N6O2/c22-18(23)13-4-3-5-14(24-13)19-25-15-6-7-17(26-20(15)27-19)29-10-11-31-16(12-29)21(30)28-8-1-2-9-28/h3-7,16,18H,1-2,8-12H2,(H,25,26,27). The predicted octanol–water partition coefficient (Wildman–Crippen LogP) is 2.79. The molecule has 5 heterocycles. The Bertz CT molecular complexity index is 1100. The molecule has 3 aromatic heterocycles. The van der Waals surface area contributed by atoms with Crippen LogP contribution in [0.2, 0.25) is 0 Å². The summed E-state index contributed by atoms with van der Waals surface area (Å²) < 4.78 is 31.7. The van der Waals surface area contributed by atoms with Crippen LogP contribution in [0.15, 0.2) is 30.3 Å². The van der Waals surface area contributed by atoms with Gasteiger partial charge >= 0.3 is 0 Å². The molecule has 0 aromatic carbocycles. The number of hydrogen-bond donors (Lipinski definition) is 1. The number of fused-ring (bicyclic) bond motifs is 1. The lowest BCUT2D eigenvalue weighted by Gasteiger charge is -2.34. The summed E-state index contributed by atoms with van der Waals surface area (Å²) in [5.41, 5.74) is 1.18. The Hall–Kier alpha value is -3.14. The van der Waals surface area contributed by atoms with E-state index in [2.05, 4.69) is 19.9 Å². The van der Waals surface area contributed by atoms with Gasteiger partial charge in [-0.05, 0) is 37.1 Å². The Labute approximate surface area is 177 Å².